The minimum Gasteiger partial charge on any atom is -0.468 e. The van der Waals surface area contributed by atoms with Crippen molar-refractivity contribution in [1.82, 2.24) is 4.90 Å². The molecule has 1 aliphatic carbocycles. The molecule has 1 aromatic carbocycles. The third-order valence-corrected chi connectivity index (χ3v) is 4.48. The second-order valence-electron chi connectivity index (χ2n) is 5.69. The van der Waals surface area contributed by atoms with Crippen molar-refractivity contribution in [2.75, 3.05) is 20.2 Å². The number of hydrogen-bond acceptors (Lipinski definition) is 3. The third kappa shape index (κ3) is 2.72. The Kier molecular flexibility index (Phi) is 4.06. The van der Waals surface area contributed by atoms with Crippen molar-refractivity contribution < 1.29 is 13.9 Å². The summed E-state index contributed by atoms with van der Waals surface area (Å²) in [5.74, 6) is -0.248. The molecular formula is C17H20FNO2. The zero-order chi connectivity index (χ0) is 14.8. The summed E-state index contributed by atoms with van der Waals surface area (Å²) < 4.78 is 19.2. The van der Waals surface area contributed by atoms with E-state index >= 15 is 0 Å². The lowest BCUT2D eigenvalue weighted by molar-refractivity contribution is -0.145. The molecule has 1 aromatic rings. The molecule has 0 unspecified atom stereocenters. The minimum absolute atomic E-state index is 0.0378. The Morgan fingerprint density at radius 3 is 3.00 bits per heavy atom. The lowest BCUT2D eigenvalue weighted by Crippen LogP contribution is -2.38. The number of allylic oxidation sites excluding steroid dienone is 1. The molecule has 0 bridgehead atoms. The highest BCUT2D eigenvalue weighted by molar-refractivity contribution is 5.77. The number of likely N-dealkylation sites (tertiary alicyclic amines) is 1. The maximum absolute atomic E-state index is 14.3. The van der Waals surface area contributed by atoms with Crippen molar-refractivity contribution in [1.29, 1.82) is 0 Å². The molecule has 1 heterocycles. The first-order valence-electron chi connectivity index (χ1n) is 7.48. The van der Waals surface area contributed by atoms with Crippen molar-refractivity contribution >= 4 is 11.5 Å². The summed E-state index contributed by atoms with van der Waals surface area (Å²) in [5, 5.41) is 0. The molecule has 0 saturated carbocycles. The van der Waals surface area contributed by atoms with E-state index in [2.05, 4.69) is 6.07 Å². The van der Waals surface area contributed by atoms with Crippen LogP contribution in [0.25, 0.3) is 5.57 Å². The number of fused-ring (bicyclic) bond motifs is 1. The summed E-state index contributed by atoms with van der Waals surface area (Å²) in [4.78, 5) is 13.9. The van der Waals surface area contributed by atoms with Crippen LogP contribution in [0.3, 0.4) is 0 Å². The molecule has 1 atom stereocenters. The van der Waals surface area contributed by atoms with Gasteiger partial charge in [0.15, 0.2) is 0 Å². The van der Waals surface area contributed by atoms with Gasteiger partial charge in [-0.25, -0.2) is 4.39 Å². The van der Waals surface area contributed by atoms with Gasteiger partial charge in [-0.15, -0.1) is 0 Å². The second-order valence-corrected chi connectivity index (χ2v) is 5.69. The monoisotopic (exact) mass is 289 g/mol. The number of benzene rings is 1. The van der Waals surface area contributed by atoms with Gasteiger partial charge < -0.3 is 4.74 Å². The van der Waals surface area contributed by atoms with E-state index in [1.165, 1.54) is 12.7 Å². The fourth-order valence-corrected chi connectivity index (χ4v) is 3.37. The zero-order valence-corrected chi connectivity index (χ0v) is 12.3. The Morgan fingerprint density at radius 2 is 2.19 bits per heavy atom. The number of methoxy groups -OCH3 is 1. The van der Waals surface area contributed by atoms with E-state index in [1.54, 1.807) is 0 Å². The molecule has 2 aliphatic rings. The maximum Gasteiger partial charge on any atom is 0.323 e. The predicted molar refractivity (Wildman–Crippen MR) is 79.4 cm³/mol. The molecule has 1 fully saturated rings. The SMILES string of the molecule is COC(=O)[C@@H]1CCCN1CC1=C(F)CCc2ccccc21. The average molecular weight is 289 g/mol. The standard InChI is InChI=1S/C17H20FNO2/c1-21-17(20)16-7-4-10-19(16)11-14-13-6-3-2-5-12(13)8-9-15(14)18/h2-3,5-6,16H,4,7-11H2,1H3/t16-/m0/s1. The molecular weight excluding hydrogens is 269 g/mol. The van der Waals surface area contributed by atoms with Gasteiger partial charge in [0, 0.05) is 18.5 Å². The first kappa shape index (κ1) is 14.3. The van der Waals surface area contributed by atoms with Crippen LogP contribution in [0.4, 0.5) is 4.39 Å². The van der Waals surface area contributed by atoms with E-state index in [-0.39, 0.29) is 17.8 Å². The average Bonchev–Trinajstić information content (AvgIpc) is 2.97. The molecule has 1 aliphatic heterocycles. The lowest BCUT2D eigenvalue weighted by atomic mass is 9.89. The third-order valence-electron chi connectivity index (χ3n) is 4.48. The van der Waals surface area contributed by atoms with Gasteiger partial charge in [-0.1, -0.05) is 24.3 Å². The number of aryl methyl sites for hydroxylation is 1. The predicted octanol–water partition coefficient (Wildman–Crippen LogP) is 2.95. The highest BCUT2D eigenvalue weighted by atomic mass is 19.1. The number of carbonyl (C=O) groups excluding carboxylic acids is 1. The van der Waals surface area contributed by atoms with Gasteiger partial charge in [-0.2, -0.15) is 0 Å². The van der Waals surface area contributed by atoms with Crippen LogP contribution in [0, 0.1) is 0 Å². The largest absolute Gasteiger partial charge is 0.468 e. The Balaban J connectivity index is 1.85. The topological polar surface area (TPSA) is 29.5 Å². The highest BCUT2D eigenvalue weighted by Gasteiger charge is 2.33. The van der Waals surface area contributed by atoms with Crippen LogP contribution in [-0.4, -0.2) is 37.1 Å². The molecule has 21 heavy (non-hydrogen) atoms. The summed E-state index contributed by atoms with van der Waals surface area (Å²) in [5.41, 5.74) is 2.94. The number of esters is 1. The Labute approximate surface area is 124 Å². The van der Waals surface area contributed by atoms with E-state index in [9.17, 15) is 9.18 Å². The van der Waals surface area contributed by atoms with Crippen LogP contribution < -0.4 is 0 Å². The van der Waals surface area contributed by atoms with Gasteiger partial charge in [0.1, 0.15) is 11.9 Å². The quantitative estimate of drug-likeness (QED) is 0.801. The molecule has 0 N–H and O–H groups in total. The highest BCUT2D eigenvalue weighted by Crippen LogP contribution is 2.34. The van der Waals surface area contributed by atoms with E-state index < -0.39 is 0 Å². The first-order chi connectivity index (χ1) is 10.2. The number of halogens is 1. The summed E-state index contributed by atoms with van der Waals surface area (Å²) in [7, 11) is 1.41. The van der Waals surface area contributed by atoms with Crippen LogP contribution in [0.15, 0.2) is 30.1 Å². The smallest absolute Gasteiger partial charge is 0.323 e. The molecule has 112 valence electrons. The van der Waals surface area contributed by atoms with E-state index in [0.717, 1.165) is 36.9 Å². The van der Waals surface area contributed by atoms with Crippen LogP contribution in [0.2, 0.25) is 0 Å². The van der Waals surface area contributed by atoms with Crippen LogP contribution in [-0.2, 0) is 16.0 Å². The molecule has 3 nitrogen and oxygen atoms in total. The van der Waals surface area contributed by atoms with Gasteiger partial charge in [0.25, 0.3) is 0 Å². The van der Waals surface area contributed by atoms with E-state index in [4.69, 9.17) is 4.74 Å². The molecule has 4 heteroatoms. The minimum atomic E-state index is -0.232. The normalized spacial score (nSPS) is 22.3. The summed E-state index contributed by atoms with van der Waals surface area (Å²) >= 11 is 0. The molecule has 0 aromatic heterocycles. The van der Waals surface area contributed by atoms with Crippen LogP contribution in [0.5, 0.6) is 0 Å². The summed E-state index contributed by atoms with van der Waals surface area (Å²) in [6, 6.07) is 7.74. The molecule has 1 saturated heterocycles. The van der Waals surface area contributed by atoms with Gasteiger partial charge in [-0.05, 0) is 36.9 Å². The number of rotatable bonds is 3. The van der Waals surface area contributed by atoms with Gasteiger partial charge in [0.05, 0.1) is 7.11 Å². The number of nitrogens with zero attached hydrogens (tertiary/aromatic N) is 1. The van der Waals surface area contributed by atoms with Gasteiger partial charge >= 0.3 is 5.97 Å². The van der Waals surface area contributed by atoms with Gasteiger partial charge in [0.2, 0.25) is 0 Å². The maximum atomic E-state index is 14.3. The van der Waals surface area contributed by atoms with Crippen LogP contribution >= 0.6 is 0 Å². The second kappa shape index (κ2) is 5.98. The van der Waals surface area contributed by atoms with Crippen molar-refractivity contribution in [2.45, 2.75) is 31.7 Å². The first-order valence-corrected chi connectivity index (χ1v) is 7.48. The fourth-order valence-electron chi connectivity index (χ4n) is 3.37. The van der Waals surface area contributed by atoms with E-state index in [1.807, 2.05) is 23.1 Å². The van der Waals surface area contributed by atoms with Gasteiger partial charge in [-0.3, -0.25) is 9.69 Å². The van der Waals surface area contributed by atoms with Crippen molar-refractivity contribution in [3.63, 3.8) is 0 Å². The Bertz CT molecular complexity index is 582. The summed E-state index contributed by atoms with van der Waals surface area (Å²) in [6.45, 7) is 1.31. The lowest BCUT2D eigenvalue weighted by Gasteiger charge is -2.27. The number of ether oxygens (including phenoxy) is 1. The zero-order valence-electron chi connectivity index (χ0n) is 12.3. The molecule has 0 radical (unpaired) electrons. The Morgan fingerprint density at radius 1 is 1.38 bits per heavy atom. The van der Waals surface area contributed by atoms with Crippen molar-refractivity contribution in [3.8, 4) is 0 Å². The van der Waals surface area contributed by atoms with Crippen molar-refractivity contribution in [2.24, 2.45) is 0 Å². The molecule has 0 amide bonds. The Hall–Kier alpha value is -1.68. The molecule has 0 spiro atoms. The molecule has 3 rings (SSSR count). The fraction of sp³-hybridized carbons (Fsp3) is 0.471. The van der Waals surface area contributed by atoms with Crippen LogP contribution in [0.1, 0.15) is 30.4 Å². The number of hydrogen-bond donors (Lipinski definition) is 0. The van der Waals surface area contributed by atoms with E-state index in [0.29, 0.717) is 13.0 Å². The summed E-state index contributed by atoms with van der Waals surface area (Å²) in [6.07, 6.45) is 2.97. The number of carbonyl (C=O) groups is 1. The van der Waals surface area contributed by atoms with Crippen molar-refractivity contribution in [3.05, 3.63) is 41.2 Å².